The quantitative estimate of drug-likeness (QED) is 0.815. The summed E-state index contributed by atoms with van der Waals surface area (Å²) in [5.74, 6) is -0.453. The summed E-state index contributed by atoms with van der Waals surface area (Å²) in [7, 11) is 0. The average molecular weight is 427 g/mol. The molecule has 0 radical (unpaired) electrons. The van der Waals surface area contributed by atoms with Gasteiger partial charge in [0.15, 0.2) is 5.13 Å². The lowest BCUT2D eigenvalue weighted by molar-refractivity contribution is -0.138. The van der Waals surface area contributed by atoms with Gasteiger partial charge in [-0.05, 0) is 38.8 Å². The number of nitrogens with zero attached hydrogens (tertiary/aromatic N) is 3. The van der Waals surface area contributed by atoms with Crippen molar-refractivity contribution in [1.82, 2.24) is 9.88 Å². The molecule has 3 heterocycles. The van der Waals surface area contributed by atoms with Crippen molar-refractivity contribution in [3.63, 3.8) is 0 Å². The number of para-hydroxylation sites is 1. The third-order valence-electron chi connectivity index (χ3n) is 5.98. The molecule has 0 saturated carbocycles. The Morgan fingerprint density at radius 2 is 1.80 bits per heavy atom. The predicted molar refractivity (Wildman–Crippen MR) is 116 cm³/mol. The molecular weight excluding hydrogens is 400 g/mol. The van der Waals surface area contributed by atoms with Crippen molar-refractivity contribution in [3.8, 4) is 0 Å². The Kier molecular flexibility index (Phi) is 5.85. The van der Waals surface area contributed by atoms with E-state index in [2.05, 4.69) is 10.3 Å². The Morgan fingerprint density at radius 3 is 2.43 bits per heavy atom. The van der Waals surface area contributed by atoms with Gasteiger partial charge in [0.05, 0.1) is 11.6 Å². The number of rotatable bonds is 4. The maximum Gasteiger partial charge on any atom is 0.229 e. The summed E-state index contributed by atoms with van der Waals surface area (Å²) in [6.45, 7) is 5.42. The summed E-state index contributed by atoms with van der Waals surface area (Å²) >= 11 is 1.48. The zero-order valence-electron chi connectivity index (χ0n) is 17.3. The maximum atomic E-state index is 13.0. The standard InChI is InChI=1S/C22H26N4O3S/c1-14-15(2)30-22(23-14)24-20(28)16-8-10-25(11-9-16)21(29)17-12-19(27)26(13-17)18-6-4-3-5-7-18/h3-7,16-17H,8-13H2,1-2H3,(H,23,24,28). The Labute approximate surface area is 180 Å². The van der Waals surface area contributed by atoms with Crippen LogP contribution in [0.1, 0.15) is 29.8 Å². The number of carbonyl (C=O) groups excluding carboxylic acids is 3. The van der Waals surface area contributed by atoms with E-state index in [-0.39, 0.29) is 36.0 Å². The van der Waals surface area contributed by atoms with Crippen molar-refractivity contribution >= 4 is 39.9 Å². The van der Waals surface area contributed by atoms with Crippen LogP contribution in [0.25, 0.3) is 0 Å². The lowest BCUT2D eigenvalue weighted by Crippen LogP contribution is -2.44. The van der Waals surface area contributed by atoms with Gasteiger partial charge in [-0.2, -0.15) is 0 Å². The summed E-state index contributed by atoms with van der Waals surface area (Å²) in [6.07, 6.45) is 1.50. The smallest absolute Gasteiger partial charge is 0.229 e. The first-order valence-electron chi connectivity index (χ1n) is 10.3. The number of amides is 3. The second-order valence-corrected chi connectivity index (χ2v) is 9.19. The van der Waals surface area contributed by atoms with Gasteiger partial charge in [-0.15, -0.1) is 11.3 Å². The summed E-state index contributed by atoms with van der Waals surface area (Å²) in [6, 6.07) is 9.47. The summed E-state index contributed by atoms with van der Waals surface area (Å²) in [5, 5.41) is 3.55. The molecule has 2 aliphatic rings. The molecule has 3 amide bonds. The highest BCUT2D eigenvalue weighted by atomic mass is 32.1. The molecule has 7 nitrogen and oxygen atoms in total. The number of aromatic nitrogens is 1. The Balaban J connectivity index is 1.30. The monoisotopic (exact) mass is 426 g/mol. The number of carbonyl (C=O) groups is 3. The number of anilines is 2. The third kappa shape index (κ3) is 4.23. The van der Waals surface area contributed by atoms with Crippen LogP contribution in [0.4, 0.5) is 10.8 Å². The number of aryl methyl sites for hydroxylation is 2. The molecule has 1 aromatic heterocycles. The van der Waals surface area contributed by atoms with Gasteiger partial charge in [0, 0.05) is 42.5 Å². The van der Waals surface area contributed by atoms with E-state index in [4.69, 9.17) is 0 Å². The highest BCUT2D eigenvalue weighted by Gasteiger charge is 2.38. The number of likely N-dealkylation sites (tertiary alicyclic amines) is 1. The first kappa shape index (κ1) is 20.5. The molecule has 8 heteroatoms. The van der Waals surface area contributed by atoms with E-state index in [9.17, 15) is 14.4 Å². The molecule has 1 unspecified atom stereocenters. The first-order chi connectivity index (χ1) is 14.4. The molecule has 1 aromatic carbocycles. The molecule has 2 fully saturated rings. The van der Waals surface area contributed by atoms with Gasteiger partial charge >= 0.3 is 0 Å². The molecule has 2 aromatic rings. The van der Waals surface area contributed by atoms with Crippen molar-refractivity contribution in [2.75, 3.05) is 29.9 Å². The van der Waals surface area contributed by atoms with Gasteiger partial charge in [-0.25, -0.2) is 4.98 Å². The number of piperidine rings is 1. The largest absolute Gasteiger partial charge is 0.342 e. The van der Waals surface area contributed by atoms with Gasteiger partial charge in [0.1, 0.15) is 0 Å². The minimum Gasteiger partial charge on any atom is -0.342 e. The lowest BCUT2D eigenvalue weighted by atomic mass is 9.94. The van der Waals surface area contributed by atoms with Crippen LogP contribution in [0.3, 0.4) is 0 Å². The number of benzene rings is 1. The van der Waals surface area contributed by atoms with Crippen LogP contribution in [0.15, 0.2) is 30.3 Å². The summed E-state index contributed by atoms with van der Waals surface area (Å²) in [5.41, 5.74) is 1.77. The van der Waals surface area contributed by atoms with Crippen molar-refractivity contribution in [1.29, 1.82) is 0 Å². The molecule has 1 atom stereocenters. The van der Waals surface area contributed by atoms with Crippen molar-refractivity contribution in [2.24, 2.45) is 11.8 Å². The van der Waals surface area contributed by atoms with Gasteiger partial charge in [0.2, 0.25) is 17.7 Å². The molecule has 2 saturated heterocycles. The van der Waals surface area contributed by atoms with Crippen LogP contribution in [-0.4, -0.2) is 47.2 Å². The van der Waals surface area contributed by atoms with Gasteiger partial charge < -0.3 is 15.1 Å². The normalized spacial score (nSPS) is 19.9. The average Bonchev–Trinajstić information content (AvgIpc) is 3.29. The molecule has 0 spiro atoms. The van der Waals surface area contributed by atoms with E-state index in [1.54, 1.807) is 4.90 Å². The fourth-order valence-electron chi connectivity index (χ4n) is 4.08. The second-order valence-electron chi connectivity index (χ2n) is 7.99. The van der Waals surface area contributed by atoms with Crippen molar-refractivity contribution < 1.29 is 14.4 Å². The fraction of sp³-hybridized carbons (Fsp3) is 0.455. The molecule has 0 aliphatic carbocycles. The third-order valence-corrected chi connectivity index (χ3v) is 6.97. The van der Waals surface area contributed by atoms with Crippen LogP contribution in [0.2, 0.25) is 0 Å². The zero-order chi connectivity index (χ0) is 21.3. The maximum absolute atomic E-state index is 13.0. The fourth-order valence-corrected chi connectivity index (χ4v) is 4.90. The molecule has 2 aliphatic heterocycles. The van der Waals surface area contributed by atoms with Crippen molar-refractivity contribution in [3.05, 3.63) is 40.9 Å². The number of hydrogen-bond acceptors (Lipinski definition) is 5. The van der Waals surface area contributed by atoms with E-state index in [0.717, 1.165) is 16.3 Å². The molecule has 4 rings (SSSR count). The molecule has 0 bridgehead atoms. The zero-order valence-corrected chi connectivity index (χ0v) is 18.1. The van der Waals surface area contributed by atoms with Crippen LogP contribution in [0, 0.1) is 25.7 Å². The summed E-state index contributed by atoms with van der Waals surface area (Å²) < 4.78 is 0. The van der Waals surface area contributed by atoms with Crippen LogP contribution >= 0.6 is 11.3 Å². The van der Waals surface area contributed by atoms with Crippen LogP contribution in [-0.2, 0) is 14.4 Å². The lowest BCUT2D eigenvalue weighted by Gasteiger charge is -2.32. The van der Waals surface area contributed by atoms with Gasteiger partial charge in [-0.3, -0.25) is 14.4 Å². The van der Waals surface area contributed by atoms with E-state index >= 15 is 0 Å². The topological polar surface area (TPSA) is 82.6 Å². The molecule has 30 heavy (non-hydrogen) atoms. The number of nitrogens with one attached hydrogen (secondary N) is 1. The summed E-state index contributed by atoms with van der Waals surface area (Å²) in [4.78, 5) is 46.9. The van der Waals surface area contributed by atoms with Crippen molar-refractivity contribution in [2.45, 2.75) is 33.1 Å². The molecular formula is C22H26N4O3S. The number of thiazole rings is 1. The van der Waals surface area contributed by atoms with E-state index < -0.39 is 0 Å². The van der Waals surface area contributed by atoms with E-state index in [1.807, 2.05) is 49.1 Å². The SMILES string of the molecule is Cc1nc(NC(=O)C2CCN(C(=O)C3CC(=O)N(c4ccccc4)C3)CC2)sc1C. The Morgan fingerprint density at radius 1 is 1.10 bits per heavy atom. The predicted octanol–water partition coefficient (Wildman–Crippen LogP) is 2.99. The van der Waals surface area contributed by atoms with E-state index in [0.29, 0.717) is 37.6 Å². The second kappa shape index (κ2) is 8.55. The van der Waals surface area contributed by atoms with Crippen LogP contribution in [0.5, 0.6) is 0 Å². The Bertz CT molecular complexity index is 931. The minimum absolute atomic E-state index is 0.0113. The Hall–Kier alpha value is -2.74. The molecule has 158 valence electrons. The highest BCUT2D eigenvalue weighted by molar-refractivity contribution is 7.15. The highest BCUT2D eigenvalue weighted by Crippen LogP contribution is 2.28. The number of hydrogen-bond donors (Lipinski definition) is 1. The minimum atomic E-state index is -0.315. The first-order valence-corrected chi connectivity index (χ1v) is 11.1. The molecule has 1 N–H and O–H groups in total. The van der Waals surface area contributed by atoms with Gasteiger partial charge in [0.25, 0.3) is 0 Å². The van der Waals surface area contributed by atoms with Crippen LogP contribution < -0.4 is 10.2 Å². The van der Waals surface area contributed by atoms with Gasteiger partial charge in [-0.1, -0.05) is 18.2 Å². The van der Waals surface area contributed by atoms with E-state index in [1.165, 1.54) is 11.3 Å².